The van der Waals surface area contributed by atoms with Gasteiger partial charge in [-0.1, -0.05) is 0 Å². The Morgan fingerprint density at radius 1 is 1.52 bits per heavy atom. The van der Waals surface area contributed by atoms with E-state index in [-0.39, 0.29) is 0 Å². The number of ether oxygens (including phenoxy) is 1. The second-order valence-electron chi connectivity index (χ2n) is 4.66. The van der Waals surface area contributed by atoms with Crippen molar-refractivity contribution in [1.82, 2.24) is 19.4 Å². The van der Waals surface area contributed by atoms with Gasteiger partial charge in [0.2, 0.25) is 5.88 Å². The zero-order valence-electron chi connectivity index (χ0n) is 12.0. The zero-order valence-corrected chi connectivity index (χ0v) is 12.0. The highest BCUT2D eigenvalue weighted by molar-refractivity contribution is 5.75. The van der Waals surface area contributed by atoms with Crippen molar-refractivity contribution in [2.75, 3.05) is 20.7 Å². The first-order valence-corrected chi connectivity index (χ1v) is 6.50. The molecule has 7 heteroatoms. The van der Waals surface area contributed by atoms with Crippen LogP contribution in [-0.4, -0.2) is 51.2 Å². The minimum Gasteiger partial charge on any atom is -0.481 e. The molecular weight excluding hydrogens is 272 g/mol. The summed E-state index contributed by atoms with van der Waals surface area (Å²) in [5, 5.41) is 9.46. The van der Waals surface area contributed by atoms with Gasteiger partial charge in [0, 0.05) is 37.7 Å². The Hall–Kier alpha value is -2.41. The predicted molar refractivity (Wildman–Crippen MR) is 76.0 cm³/mol. The fraction of sp³-hybridized carbons (Fsp3) is 0.357. The third kappa shape index (κ3) is 3.79. The first-order valence-electron chi connectivity index (χ1n) is 6.50. The first kappa shape index (κ1) is 15.0. The summed E-state index contributed by atoms with van der Waals surface area (Å²) < 4.78 is 6.89. The fourth-order valence-electron chi connectivity index (χ4n) is 2.08. The van der Waals surface area contributed by atoms with Crippen LogP contribution in [0.4, 0.5) is 0 Å². The Morgan fingerprint density at radius 3 is 2.86 bits per heavy atom. The van der Waals surface area contributed by atoms with Crippen LogP contribution in [0.25, 0.3) is 0 Å². The lowest BCUT2D eigenvalue weighted by Crippen LogP contribution is -2.33. The highest BCUT2D eigenvalue weighted by Gasteiger charge is 2.24. The number of carbonyl (C=O) groups is 1. The summed E-state index contributed by atoms with van der Waals surface area (Å²) in [5.74, 6) is -0.445. The van der Waals surface area contributed by atoms with Gasteiger partial charge in [0.05, 0.1) is 13.4 Å². The lowest BCUT2D eigenvalue weighted by atomic mass is 10.1. The molecule has 0 aliphatic rings. The minimum atomic E-state index is -0.907. The van der Waals surface area contributed by atoms with Gasteiger partial charge in [0.1, 0.15) is 6.04 Å². The largest absolute Gasteiger partial charge is 0.481 e. The van der Waals surface area contributed by atoms with E-state index in [1.54, 1.807) is 36.6 Å². The molecule has 0 aliphatic heterocycles. The molecule has 2 aromatic rings. The van der Waals surface area contributed by atoms with Crippen LogP contribution in [0.15, 0.2) is 37.1 Å². The standard InChI is InChI=1S/C14H18N4O3/c1-17(7-8-18-6-5-15-10-18)13(14(19)20)11-3-4-12(21-2)16-9-11/h3-6,9-10,13H,7-8H2,1-2H3,(H,19,20). The normalized spacial score (nSPS) is 12.3. The number of aromatic nitrogens is 3. The monoisotopic (exact) mass is 290 g/mol. The summed E-state index contributed by atoms with van der Waals surface area (Å²) >= 11 is 0. The molecule has 0 aliphatic carbocycles. The van der Waals surface area contributed by atoms with Crippen molar-refractivity contribution in [2.45, 2.75) is 12.6 Å². The lowest BCUT2D eigenvalue weighted by molar-refractivity contribution is -0.143. The molecule has 0 saturated carbocycles. The summed E-state index contributed by atoms with van der Waals surface area (Å²) in [7, 11) is 3.30. The number of hydrogen-bond donors (Lipinski definition) is 1. The van der Waals surface area contributed by atoms with Gasteiger partial charge in [-0.2, -0.15) is 0 Å². The Labute approximate surface area is 122 Å². The third-order valence-corrected chi connectivity index (χ3v) is 3.23. The van der Waals surface area contributed by atoms with E-state index in [2.05, 4.69) is 9.97 Å². The molecule has 21 heavy (non-hydrogen) atoms. The number of methoxy groups -OCH3 is 1. The molecule has 0 amide bonds. The van der Waals surface area contributed by atoms with Gasteiger partial charge in [0.25, 0.3) is 0 Å². The molecular formula is C14H18N4O3. The Morgan fingerprint density at radius 2 is 2.33 bits per heavy atom. The van der Waals surface area contributed by atoms with Crippen LogP contribution < -0.4 is 4.74 Å². The molecule has 1 N–H and O–H groups in total. The summed E-state index contributed by atoms with van der Waals surface area (Å²) in [6.07, 6.45) is 6.78. The van der Waals surface area contributed by atoms with Crippen molar-refractivity contribution in [3.05, 3.63) is 42.6 Å². The summed E-state index contributed by atoms with van der Waals surface area (Å²) in [6, 6.07) is 2.64. The lowest BCUT2D eigenvalue weighted by Gasteiger charge is -2.24. The van der Waals surface area contributed by atoms with Crippen LogP contribution in [0, 0.1) is 0 Å². The van der Waals surface area contributed by atoms with E-state index in [0.29, 0.717) is 24.5 Å². The van der Waals surface area contributed by atoms with Gasteiger partial charge < -0.3 is 14.4 Å². The number of carboxylic acids is 1. The Bertz CT molecular complexity index is 568. The minimum absolute atomic E-state index is 0.462. The molecule has 1 atom stereocenters. The molecule has 2 rings (SSSR count). The topological polar surface area (TPSA) is 80.5 Å². The number of nitrogens with zero attached hydrogens (tertiary/aromatic N) is 4. The summed E-state index contributed by atoms with van der Waals surface area (Å²) in [5.41, 5.74) is 0.622. The number of imidazole rings is 1. The second kappa shape index (κ2) is 6.85. The molecule has 0 aromatic carbocycles. The van der Waals surface area contributed by atoms with Crippen LogP contribution in [0.1, 0.15) is 11.6 Å². The zero-order chi connectivity index (χ0) is 15.2. The number of carboxylic acid groups (broad SMARTS) is 1. The van der Waals surface area contributed by atoms with Crippen LogP contribution in [0.2, 0.25) is 0 Å². The fourth-order valence-corrected chi connectivity index (χ4v) is 2.08. The molecule has 112 valence electrons. The van der Waals surface area contributed by atoms with Gasteiger partial charge in [-0.05, 0) is 18.7 Å². The average molecular weight is 290 g/mol. The highest BCUT2D eigenvalue weighted by atomic mass is 16.5. The van der Waals surface area contributed by atoms with Crippen LogP contribution >= 0.6 is 0 Å². The van der Waals surface area contributed by atoms with Crippen LogP contribution in [0.3, 0.4) is 0 Å². The SMILES string of the molecule is COc1ccc(C(C(=O)O)N(C)CCn2ccnc2)cn1. The molecule has 7 nitrogen and oxygen atoms in total. The number of likely N-dealkylation sites (N-methyl/N-ethyl adjacent to an activating group) is 1. The van der Waals surface area contributed by atoms with E-state index in [1.807, 2.05) is 10.8 Å². The number of aliphatic carboxylic acids is 1. The predicted octanol–water partition coefficient (Wildman–Crippen LogP) is 1.04. The number of pyridine rings is 1. The van der Waals surface area contributed by atoms with Crippen molar-refractivity contribution in [2.24, 2.45) is 0 Å². The molecule has 0 fully saturated rings. The molecule has 1 unspecified atom stereocenters. The summed E-state index contributed by atoms with van der Waals surface area (Å²) in [4.78, 5) is 21.3. The van der Waals surface area contributed by atoms with Gasteiger partial charge >= 0.3 is 5.97 Å². The summed E-state index contributed by atoms with van der Waals surface area (Å²) in [6.45, 7) is 1.25. The van der Waals surface area contributed by atoms with Gasteiger partial charge in [0.15, 0.2) is 0 Å². The van der Waals surface area contributed by atoms with Crippen LogP contribution in [-0.2, 0) is 11.3 Å². The van der Waals surface area contributed by atoms with Crippen molar-refractivity contribution >= 4 is 5.97 Å². The average Bonchev–Trinajstić information content (AvgIpc) is 2.99. The van der Waals surface area contributed by atoms with Gasteiger partial charge in [-0.3, -0.25) is 9.69 Å². The Balaban J connectivity index is 2.07. The number of rotatable bonds is 7. The third-order valence-electron chi connectivity index (χ3n) is 3.23. The van der Waals surface area contributed by atoms with E-state index in [0.717, 1.165) is 0 Å². The van der Waals surface area contributed by atoms with E-state index < -0.39 is 12.0 Å². The van der Waals surface area contributed by atoms with Crippen molar-refractivity contribution < 1.29 is 14.6 Å². The van der Waals surface area contributed by atoms with E-state index >= 15 is 0 Å². The van der Waals surface area contributed by atoms with Crippen molar-refractivity contribution in [3.8, 4) is 5.88 Å². The quantitative estimate of drug-likeness (QED) is 0.821. The maximum absolute atomic E-state index is 11.5. The van der Waals surface area contributed by atoms with Crippen LogP contribution in [0.5, 0.6) is 5.88 Å². The molecule has 2 heterocycles. The van der Waals surface area contributed by atoms with Gasteiger partial charge in [-0.25, -0.2) is 9.97 Å². The smallest absolute Gasteiger partial charge is 0.325 e. The first-order chi connectivity index (χ1) is 10.1. The molecule has 0 radical (unpaired) electrons. The molecule has 2 aromatic heterocycles. The van der Waals surface area contributed by atoms with Crippen molar-refractivity contribution in [3.63, 3.8) is 0 Å². The number of hydrogen-bond acceptors (Lipinski definition) is 5. The van der Waals surface area contributed by atoms with E-state index in [9.17, 15) is 9.90 Å². The maximum Gasteiger partial charge on any atom is 0.325 e. The van der Waals surface area contributed by atoms with Gasteiger partial charge in [-0.15, -0.1) is 0 Å². The molecule has 0 spiro atoms. The van der Waals surface area contributed by atoms with E-state index in [4.69, 9.17) is 4.74 Å². The van der Waals surface area contributed by atoms with E-state index in [1.165, 1.54) is 13.3 Å². The molecule has 0 bridgehead atoms. The maximum atomic E-state index is 11.5. The van der Waals surface area contributed by atoms with Crippen molar-refractivity contribution in [1.29, 1.82) is 0 Å². The second-order valence-corrected chi connectivity index (χ2v) is 4.66. The Kier molecular flexibility index (Phi) is 4.89. The molecule has 0 saturated heterocycles. The highest BCUT2D eigenvalue weighted by Crippen LogP contribution is 2.20.